The predicted molar refractivity (Wildman–Crippen MR) is 107 cm³/mol. The lowest BCUT2D eigenvalue weighted by molar-refractivity contribution is -0.116. The van der Waals surface area contributed by atoms with Crippen molar-refractivity contribution in [1.82, 2.24) is 5.43 Å². The molecule has 0 spiro atoms. The molecule has 0 unspecified atom stereocenters. The Bertz CT molecular complexity index is 544. The fraction of sp³-hybridized carbons (Fsp3) is 0.571. The van der Waals surface area contributed by atoms with Crippen molar-refractivity contribution in [3.63, 3.8) is 0 Å². The summed E-state index contributed by atoms with van der Waals surface area (Å²) in [6, 6.07) is 5.72. The number of amides is 1. The first-order valence-corrected chi connectivity index (χ1v) is 9.79. The van der Waals surface area contributed by atoms with Crippen molar-refractivity contribution >= 4 is 12.0 Å². The third-order valence-electron chi connectivity index (χ3n) is 4.05. The Balaban J connectivity index is 2.69. The second kappa shape index (κ2) is 14.2. The van der Waals surface area contributed by atoms with Crippen LogP contribution in [0.4, 0.5) is 0 Å². The summed E-state index contributed by atoms with van der Waals surface area (Å²) in [5, 5.41) is 0. The van der Waals surface area contributed by atoms with E-state index in [1.165, 1.54) is 44.6 Å². The minimum atomic E-state index is -0.344. The molecule has 0 aromatic heterocycles. The van der Waals surface area contributed by atoms with Crippen LogP contribution in [0.1, 0.15) is 70.8 Å². The van der Waals surface area contributed by atoms with Gasteiger partial charge in [-0.25, -0.2) is 5.84 Å². The maximum atomic E-state index is 11.3. The summed E-state index contributed by atoms with van der Waals surface area (Å²) in [6.45, 7) is 5.75. The van der Waals surface area contributed by atoms with Gasteiger partial charge < -0.3 is 9.47 Å². The Morgan fingerprint density at radius 3 is 2.15 bits per heavy atom. The monoisotopic (exact) mass is 362 g/mol. The van der Waals surface area contributed by atoms with E-state index in [0.717, 1.165) is 29.9 Å². The van der Waals surface area contributed by atoms with Crippen LogP contribution in [0.5, 0.6) is 11.5 Å². The van der Waals surface area contributed by atoms with Crippen LogP contribution in [-0.2, 0) is 4.79 Å². The van der Waals surface area contributed by atoms with Crippen LogP contribution >= 0.6 is 0 Å². The topological polar surface area (TPSA) is 73.6 Å². The van der Waals surface area contributed by atoms with Gasteiger partial charge in [-0.05, 0) is 36.6 Å². The molecule has 1 rings (SSSR count). The van der Waals surface area contributed by atoms with Crippen molar-refractivity contribution in [2.24, 2.45) is 5.84 Å². The Hall–Kier alpha value is -2.01. The number of nitrogens with one attached hydrogen (secondary N) is 1. The highest BCUT2D eigenvalue weighted by atomic mass is 16.5. The lowest BCUT2D eigenvalue weighted by atomic mass is 10.1. The van der Waals surface area contributed by atoms with Gasteiger partial charge in [0, 0.05) is 6.08 Å². The molecule has 0 bridgehead atoms. The molecule has 0 fully saturated rings. The maximum absolute atomic E-state index is 11.3. The SMILES string of the molecule is CCCCCCOc1ccc(C=CC(=O)NN)cc1OCCCCCC. The van der Waals surface area contributed by atoms with Crippen LogP contribution in [0.15, 0.2) is 24.3 Å². The number of carbonyl (C=O) groups is 1. The molecule has 0 heterocycles. The molecular weight excluding hydrogens is 328 g/mol. The summed E-state index contributed by atoms with van der Waals surface area (Å²) in [7, 11) is 0. The van der Waals surface area contributed by atoms with Gasteiger partial charge in [0.2, 0.25) is 0 Å². The van der Waals surface area contributed by atoms with Gasteiger partial charge in [0.05, 0.1) is 13.2 Å². The van der Waals surface area contributed by atoms with E-state index < -0.39 is 0 Å². The molecule has 5 nitrogen and oxygen atoms in total. The van der Waals surface area contributed by atoms with Crippen LogP contribution < -0.4 is 20.7 Å². The van der Waals surface area contributed by atoms with Gasteiger partial charge in [-0.2, -0.15) is 0 Å². The number of ether oxygens (including phenoxy) is 2. The average Bonchev–Trinajstić information content (AvgIpc) is 2.66. The first kappa shape index (κ1) is 22.0. The minimum absolute atomic E-state index is 0.344. The summed E-state index contributed by atoms with van der Waals surface area (Å²) in [6.07, 6.45) is 12.4. The molecule has 26 heavy (non-hydrogen) atoms. The molecule has 0 saturated carbocycles. The van der Waals surface area contributed by atoms with Crippen LogP contribution in [-0.4, -0.2) is 19.1 Å². The Kier molecular flexibility index (Phi) is 12.0. The van der Waals surface area contributed by atoms with Crippen molar-refractivity contribution < 1.29 is 14.3 Å². The molecule has 3 N–H and O–H groups in total. The quantitative estimate of drug-likeness (QED) is 0.167. The molecule has 0 aliphatic heterocycles. The highest BCUT2D eigenvalue weighted by molar-refractivity contribution is 5.91. The molecular formula is C21H34N2O3. The van der Waals surface area contributed by atoms with Crippen LogP contribution in [0.25, 0.3) is 6.08 Å². The van der Waals surface area contributed by atoms with Crippen LogP contribution in [0, 0.1) is 0 Å². The van der Waals surface area contributed by atoms with Gasteiger partial charge in [0.1, 0.15) is 0 Å². The summed E-state index contributed by atoms with van der Waals surface area (Å²) >= 11 is 0. The van der Waals surface area contributed by atoms with Gasteiger partial charge in [-0.15, -0.1) is 0 Å². The first-order chi connectivity index (χ1) is 12.7. The summed E-state index contributed by atoms with van der Waals surface area (Å²) in [4.78, 5) is 11.3. The average molecular weight is 363 g/mol. The highest BCUT2D eigenvalue weighted by Gasteiger charge is 2.07. The number of hydrogen-bond acceptors (Lipinski definition) is 4. The van der Waals surface area contributed by atoms with E-state index in [4.69, 9.17) is 15.3 Å². The fourth-order valence-electron chi connectivity index (χ4n) is 2.50. The van der Waals surface area contributed by atoms with Gasteiger partial charge in [-0.1, -0.05) is 58.4 Å². The zero-order chi connectivity index (χ0) is 19.0. The Morgan fingerprint density at radius 1 is 0.962 bits per heavy atom. The van der Waals surface area contributed by atoms with Crippen molar-refractivity contribution in [1.29, 1.82) is 0 Å². The van der Waals surface area contributed by atoms with E-state index in [9.17, 15) is 4.79 Å². The van der Waals surface area contributed by atoms with E-state index in [1.807, 2.05) is 18.2 Å². The minimum Gasteiger partial charge on any atom is -0.490 e. The van der Waals surface area contributed by atoms with Crippen molar-refractivity contribution in [2.45, 2.75) is 65.2 Å². The molecule has 5 heteroatoms. The van der Waals surface area contributed by atoms with E-state index >= 15 is 0 Å². The third-order valence-corrected chi connectivity index (χ3v) is 4.05. The molecule has 0 atom stereocenters. The number of hydrazine groups is 1. The molecule has 1 amide bonds. The standard InChI is InChI=1S/C21H34N2O3/c1-3-5-7-9-15-25-19-13-11-18(12-14-21(24)23-22)17-20(19)26-16-10-8-6-4-2/h11-14,17H,3-10,15-16,22H2,1-2H3,(H,23,24). The summed E-state index contributed by atoms with van der Waals surface area (Å²) < 4.78 is 11.9. The molecule has 0 aliphatic carbocycles. The third kappa shape index (κ3) is 9.47. The van der Waals surface area contributed by atoms with Crippen molar-refractivity contribution in [2.75, 3.05) is 13.2 Å². The fourth-order valence-corrected chi connectivity index (χ4v) is 2.50. The van der Waals surface area contributed by atoms with Crippen molar-refractivity contribution in [3.05, 3.63) is 29.8 Å². The maximum Gasteiger partial charge on any atom is 0.257 e. The van der Waals surface area contributed by atoms with E-state index in [0.29, 0.717) is 13.2 Å². The second-order valence-corrected chi connectivity index (χ2v) is 6.37. The second-order valence-electron chi connectivity index (χ2n) is 6.37. The van der Waals surface area contributed by atoms with Gasteiger partial charge >= 0.3 is 0 Å². The van der Waals surface area contributed by atoms with Crippen LogP contribution in [0.3, 0.4) is 0 Å². The lowest BCUT2D eigenvalue weighted by Gasteiger charge is -2.14. The van der Waals surface area contributed by atoms with Crippen molar-refractivity contribution in [3.8, 4) is 11.5 Å². The number of hydrogen-bond donors (Lipinski definition) is 2. The molecule has 1 aromatic rings. The molecule has 0 radical (unpaired) electrons. The molecule has 1 aromatic carbocycles. The number of benzene rings is 1. The molecule has 146 valence electrons. The van der Waals surface area contributed by atoms with E-state index in [2.05, 4.69) is 19.3 Å². The van der Waals surface area contributed by atoms with Gasteiger partial charge in [0.15, 0.2) is 11.5 Å². The van der Waals surface area contributed by atoms with Gasteiger partial charge in [-0.3, -0.25) is 10.2 Å². The largest absolute Gasteiger partial charge is 0.490 e. The number of rotatable bonds is 14. The number of unbranched alkanes of at least 4 members (excludes halogenated alkanes) is 6. The first-order valence-electron chi connectivity index (χ1n) is 9.79. The highest BCUT2D eigenvalue weighted by Crippen LogP contribution is 2.29. The lowest BCUT2D eigenvalue weighted by Crippen LogP contribution is -2.27. The zero-order valence-electron chi connectivity index (χ0n) is 16.3. The molecule has 0 saturated heterocycles. The summed E-state index contributed by atoms with van der Waals surface area (Å²) in [5.74, 6) is 6.24. The number of nitrogens with two attached hydrogens (primary N) is 1. The van der Waals surface area contributed by atoms with Gasteiger partial charge in [0.25, 0.3) is 5.91 Å². The predicted octanol–water partition coefficient (Wildman–Crippen LogP) is 4.61. The Morgan fingerprint density at radius 2 is 1.58 bits per heavy atom. The van der Waals surface area contributed by atoms with E-state index in [-0.39, 0.29) is 5.91 Å². The Labute approximate surface area is 157 Å². The van der Waals surface area contributed by atoms with Crippen LogP contribution in [0.2, 0.25) is 0 Å². The summed E-state index contributed by atoms with van der Waals surface area (Å²) in [5.41, 5.74) is 2.95. The number of carbonyl (C=O) groups excluding carboxylic acids is 1. The normalized spacial score (nSPS) is 10.9. The zero-order valence-corrected chi connectivity index (χ0v) is 16.3. The van der Waals surface area contributed by atoms with E-state index in [1.54, 1.807) is 6.08 Å². The molecule has 0 aliphatic rings. The smallest absolute Gasteiger partial charge is 0.257 e.